The van der Waals surface area contributed by atoms with Gasteiger partial charge in [-0.05, 0) is 42.6 Å². The summed E-state index contributed by atoms with van der Waals surface area (Å²) in [7, 11) is 0. The smallest absolute Gasteiger partial charge is 0.410 e. The molecule has 6 nitrogen and oxygen atoms in total. The Labute approximate surface area is 190 Å². The Kier molecular flexibility index (Phi) is 8.27. The van der Waals surface area contributed by atoms with Crippen molar-refractivity contribution in [1.82, 2.24) is 14.5 Å². The fourth-order valence-electron chi connectivity index (χ4n) is 2.95. The van der Waals surface area contributed by atoms with Crippen LogP contribution < -0.4 is 4.72 Å². The Balaban J connectivity index is 1.42. The van der Waals surface area contributed by atoms with E-state index in [2.05, 4.69) is 4.72 Å². The minimum Gasteiger partial charge on any atom is -0.445 e. The quantitative estimate of drug-likeness (QED) is 0.635. The van der Waals surface area contributed by atoms with E-state index in [1.54, 1.807) is 34.9 Å². The molecular formula is C21H23Cl2N3O3S. The van der Waals surface area contributed by atoms with Crippen LogP contribution in [-0.2, 0) is 16.1 Å². The number of carbonyl (C=O) groups excluding carboxylic acids is 2. The molecular weight excluding hydrogens is 445 g/mol. The number of carbonyl (C=O) groups is 2. The molecule has 9 heteroatoms. The predicted octanol–water partition coefficient (Wildman–Crippen LogP) is 4.46. The third kappa shape index (κ3) is 6.28. The van der Waals surface area contributed by atoms with Gasteiger partial charge in [-0.1, -0.05) is 53.5 Å². The topological polar surface area (TPSA) is 61.9 Å². The second-order valence-electron chi connectivity index (χ2n) is 6.87. The number of rotatable bonds is 6. The van der Waals surface area contributed by atoms with Crippen molar-refractivity contribution in [2.45, 2.75) is 24.5 Å². The third-order valence-electron chi connectivity index (χ3n) is 4.66. The Bertz CT molecular complexity index is 877. The van der Waals surface area contributed by atoms with Gasteiger partial charge in [0, 0.05) is 36.1 Å². The molecule has 0 aliphatic carbocycles. The molecule has 160 valence electrons. The molecule has 1 aliphatic heterocycles. The molecule has 0 radical (unpaired) electrons. The maximum atomic E-state index is 12.7. The van der Waals surface area contributed by atoms with Crippen molar-refractivity contribution in [2.24, 2.45) is 0 Å². The summed E-state index contributed by atoms with van der Waals surface area (Å²) in [5, 5.41) is 1.09. The van der Waals surface area contributed by atoms with Gasteiger partial charge in [0.05, 0.1) is 11.1 Å². The van der Waals surface area contributed by atoms with Gasteiger partial charge in [-0.3, -0.25) is 4.79 Å². The normalized spacial score (nSPS) is 15.0. The lowest BCUT2D eigenvalue weighted by Crippen LogP contribution is -2.54. The highest BCUT2D eigenvalue weighted by molar-refractivity contribution is 7.97. The minimum absolute atomic E-state index is 0.0233. The molecule has 1 aliphatic rings. The highest BCUT2D eigenvalue weighted by Crippen LogP contribution is 2.28. The van der Waals surface area contributed by atoms with E-state index < -0.39 is 6.04 Å². The van der Waals surface area contributed by atoms with Crippen LogP contribution in [0.15, 0.2) is 53.4 Å². The van der Waals surface area contributed by atoms with Crippen LogP contribution in [0.25, 0.3) is 0 Å². The molecule has 1 saturated heterocycles. The second kappa shape index (κ2) is 10.9. The monoisotopic (exact) mass is 467 g/mol. The average molecular weight is 468 g/mol. The van der Waals surface area contributed by atoms with Crippen LogP contribution in [0.1, 0.15) is 12.5 Å². The number of amides is 2. The number of benzene rings is 2. The second-order valence-corrected chi connectivity index (χ2v) is 8.59. The first-order valence-corrected chi connectivity index (χ1v) is 11.1. The maximum absolute atomic E-state index is 12.7. The predicted molar refractivity (Wildman–Crippen MR) is 120 cm³/mol. The summed E-state index contributed by atoms with van der Waals surface area (Å²) in [6, 6.07) is 14.4. The number of halogens is 2. The Morgan fingerprint density at radius 2 is 1.73 bits per heavy atom. The van der Waals surface area contributed by atoms with Crippen LogP contribution in [-0.4, -0.2) is 54.0 Å². The van der Waals surface area contributed by atoms with Crippen LogP contribution in [0, 0.1) is 0 Å². The standard InChI is InChI=1S/C21H23Cl2N3O3S/c1-15(24-30-19-8-7-17(22)13-18(19)23)20(27)25-9-11-26(12-10-25)21(28)29-14-16-5-3-2-4-6-16/h2-8,13,15,24H,9-12,14H2,1H3/t15-/m0/s1. The summed E-state index contributed by atoms with van der Waals surface area (Å²) in [6.45, 7) is 3.88. The van der Waals surface area contributed by atoms with Crippen molar-refractivity contribution in [2.75, 3.05) is 26.2 Å². The summed E-state index contributed by atoms with van der Waals surface area (Å²) in [5.74, 6) is -0.0233. The summed E-state index contributed by atoms with van der Waals surface area (Å²) in [5.41, 5.74) is 0.942. The number of nitrogens with zero attached hydrogens (tertiary/aromatic N) is 2. The van der Waals surface area contributed by atoms with Gasteiger partial charge < -0.3 is 14.5 Å². The van der Waals surface area contributed by atoms with E-state index in [0.29, 0.717) is 36.2 Å². The third-order valence-corrected chi connectivity index (χ3v) is 6.37. The minimum atomic E-state index is -0.404. The zero-order valence-corrected chi connectivity index (χ0v) is 18.8. The summed E-state index contributed by atoms with van der Waals surface area (Å²) < 4.78 is 8.49. The highest BCUT2D eigenvalue weighted by atomic mass is 35.5. The number of piperazine rings is 1. The molecule has 0 aromatic heterocycles. The molecule has 2 aromatic carbocycles. The maximum Gasteiger partial charge on any atom is 0.410 e. The van der Waals surface area contributed by atoms with Crippen molar-refractivity contribution in [1.29, 1.82) is 0 Å². The van der Waals surface area contributed by atoms with E-state index in [4.69, 9.17) is 27.9 Å². The summed E-state index contributed by atoms with van der Waals surface area (Å²) in [6.07, 6.45) is -0.356. The largest absolute Gasteiger partial charge is 0.445 e. The van der Waals surface area contributed by atoms with Gasteiger partial charge in [-0.15, -0.1) is 0 Å². The molecule has 1 fully saturated rings. The van der Waals surface area contributed by atoms with Gasteiger partial charge in [0.1, 0.15) is 6.61 Å². The zero-order valence-electron chi connectivity index (χ0n) is 16.5. The van der Waals surface area contributed by atoms with Crippen LogP contribution in [0.2, 0.25) is 10.0 Å². The fraction of sp³-hybridized carbons (Fsp3) is 0.333. The van der Waals surface area contributed by atoms with Gasteiger partial charge in [0.2, 0.25) is 5.91 Å². The van der Waals surface area contributed by atoms with Crippen LogP contribution in [0.5, 0.6) is 0 Å². The Morgan fingerprint density at radius 3 is 2.40 bits per heavy atom. The van der Waals surface area contributed by atoms with Crippen molar-refractivity contribution >= 4 is 47.2 Å². The number of ether oxygens (including phenoxy) is 1. The van der Waals surface area contributed by atoms with Crippen LogP contribution >= 0.6 is 35.1 Å². The average Bonchev–Trinajstić information content (AvgIpc) is 2.77. The van der Waals surface area contributed by atoms with Gasteiger partial charge in [0.25, 0.3) is 0 Å². The van der Waals surface area contributed by atoms with Gasteiger partial charge in [-0.25, -0.2) is 9.52 Å². The van der Waals surface area contributed by atoms with E-state index in [9.17, 15) is 9.59 Å². The van der Waals surface area contributed by atoms with Crippen LogP contribution in [0.3, 0.4) is 0 Å². The Hall–Kier alpha value is -1.93. The SMILES string of the molecule is C[C@H](NSc1ccc(Cl)cc1Cl)C(=O)N1CCN(C(=O)OCc2ccccc2)CC1. The van der Waals surface area contributed by atoms with Crippen LogP contribution in [0.4, 0.5) is 4.79 Å². The molecule has 2 aromatic rings. The lowest BCUT2D eigenvalue weighted by Gasteiger charge is -2.35. The lowest BCUT2D eigenvalue weighted by atomic mass is 10.2. The fourth-order valence-corrected chi connectivity index (χ4v) is 4.18. The zero-order chi connectivity index (χ0) is 21.5. The molecule has 1 heterocycles. The molecule has 1 atom stereocenters. The first kappa shape index (κ1) is 22.7. The number of nitrogens with one attached hydrogen (secondary N) is 1. The molecule has 3 rings (SSSR count). The van der Waals surface area contributed by atoms with Gasteiger partial charge in [-0.2, -0.15) is 0 Å². The molecule has 0 bridgehead atoms. The van der Waals surface area contributed by atoms with Gasteiger partial charge >= 0.3 is 6.09 Å². The summed E-state index contributed by atoms with van der Waals surface area (Å²) >= 11 is 13.4. The van der Waals surface area contributed by atoms with E-state index in [1.807, 2.05) is 30.3 Å². The van der Waals surface area contributed by atoms with Crippen molar-refractivity contribution in [3.8, 4) is 0 Å². The van der Waals surface area contributed by atoms with E-state index in [-0.39, 0.29) is 18.6 Å². The molecule has 0 unspecified atom stereocenters. The number of hydrogen-bond donors (Lipinski definition) is 1. The first-order chi connectivity index (χ1) is 14.4. The van der Waals surface area contributed by atoms with Gasteiger partial charge in [0.15, 0.2) is 0 Å². The van der Waals surface area contributed by atoms with Crippen molar-refractivity contribution < 1.29 is 14.3 Å². The van der Waals surface area contributed by atoms with E-state index in [1.165, 1.54) is 11.9 Å². The summed E-state index contributed by atoms with van der Waals surface area (Å²) in [4.78, 5) is 29.1. The molecule has 2 amide bonds. The molecule has 0 spiro atoms. The molecule has 1 N–H and O–H groups in total. The Morgan fingerprint density at radius 1 is 1.07 bits per heavy atom. The van der Waals surface area contributed by atoms with E-state index in [0.717, 1.165) is 10.5 Å². The molecule has 0 saturated carbocycles. The highest BCUT2D eigenvalue weighted by Gasteiger charge is 2.27. The van der Waals surface area contributed by atoms with E-state index >= 15 is 0 Å². The number of hydrogen-bond acceptors (Lipinski definition) is 5. The molecule has 30 heavy (non-hydrogen) atoms. The van der Waals surface area contributed by atoms with Crippen molar-refractivity contribution in [3.05, 3.63) is 64.1 Å². The van der Waals surface area contributed by atoms with Crippen molar-refractivity contribution in [3.63, 3.8) is 0 Å². The lowest BCUT2D eigenvalue weighted by molar-refractivity contribution is -0.134. The first-order valence-electron chi connectivity index (χ1n) is 9.56.